The van der Waals surface area contributed by atoms with Crippen molar-refractivity contribution in [3.05, 3.63) is 40.4 Å². The van der Waals surface area contributed by atoms with Crippen molar-refractivity contribution >= 4 is 27.9 Å². The number of hydrogen-bond acceptors (Lipinski definition) is 2. The Morgan fingerprint density at radius 2 is 2.33 bits per heavy atom. The normalized spacial score (nSPS) is 10.5. The first-order valence-electron chi connectivity index (χ1n) is 4.54. The molecule has 0 spiro atoms. The second-order valence-electron chi connectivity index (χ2n) is 2.90. The van der Waals surface area contributed by atoms with Crippen molar-refractivity contribution in [1.29, 1.82) is 0 Å². The maximum absolute atomic E-state index is 11.1. The van der Waals surface area contributed by atoms with Crippen LogP contribution < -0.4 is 5.32 Å². The van der Waals surface area contributed by atoms with Gasteiger partial charge in [-0.05, 0) is 23.8 Å². The molecular weight excluding hydrogens is 258 g/mol. The minimum atomic E-state index is -0.205. The van der Waals surface area contributed by atoms with E-state index in [1.54, 1.807) is 6.08 Å². The number of rotatable bonds is 4. The molecule has 1 amide bonds. The van der Waals surface area contributed by atoms with Gasteiger partial charge in [0.2, 0.25) is 5.91 Å². The standard InChI is InChI=1S/C11H12BrNO2/c12-10-3-1-2-9(8-10)4-5-11(15)13-6-7-14/h1-5,8,14H,6-7H2,(H,13,15)/b5-4+. The van der Waals surface area contributed by atoms with Crippen molar-refractivity contribution in [1.82, 2.24) is 5.32 Å². The summed E-state index contributed by atoms with van der Waals surface area (Å²) in [5.74, 6) is -0.205. The van der Waals surface area contributed by atoms with Gasteiger partial charge in [0.25, 0.3) is 0 Å². The summed E-state index contributed by atoms with van der Waals surface area (Å²) in [6, 6.07) is 7.63. The van der Waals surface area contributed by atoms with Crippen LogP contribution in [-0.2, 0) is 4.79 Å². The van der Waals surface area contributed by atoms with Crippen LogP contribution in [0.25, 0.3) is 6.08 Å². The Bertz CT molecular complexity index is 363. The van der Waals surface area contributed by atoms with E-state index in [1.165, 1.54) is 6.08 Å². The minimum absolute atomic E-state index is 0.0452. The zero-order valence-corrected chi connectivity index (χ0v) is 9.70. The lowest BCUT2D eigenvalue weighted by Gasteiger charge is -1.97. The highest BCUT2D eigenvalue weighted by Gasteiger charge is 1.93. The lowest BCUT2D eigenvalue weighted by atomic mass is 10.2. The number of hydrogen-bond donors (Lipinski definition) is 2. The van der Waals surface area contributed by atoms with Crippen LogP contribution in [0.15, 0.2) is 34.8 Å². The fourth-order valence-corrected chi connectivity index (χ4v) is 1.44. The number of amides is 1. The molecule has 0 saturated heterocycles. The van der Waals surface area contributed by atoms with Crippen LogP contribution in [0.5, 0.6) is 0 Å². The second-order valence-corrected chi connectivity index (χ2v) is 3.82. The summed E-state index contributed by atoms with van der Waals surface area (Å²) in [6.45, 7) is 0.234. The van der Waals surface area contributed by atoms with Crippen molar-refractivity contribution in [3.8, 4) is 0 Å². The highest BCUT2D eigenvalue weighted by atomic mass is 79.9. The van der Waals surface area contributed by atoms with Gasteiger partial charge in [-0.1, -0.05) is 28.1 Å². The van der Waals surface area contributed by atoms with Crippen LogP contribution in [0.3, 0.4) is 0 Å². The van der Waals surface area contributed by atoms with Crippen molar-refractivity contribution in [2.24, 2.45) is 0 Å². The Balaban J connectivity index is 2.53. The summed E-state index contributed by atoms with van der Waals surface area (Å²) >= 11 is 3.34. The van der Waals surface area contributed by atoms with Gasteiger partial charge in [-0.3, -0.25) is 4.79 Å². The van der Waals surface area contributed by atoms with E-state index >= 15 is 0 Å². The first-order chi connectivity index (χ1) is 7.22. The fraction of sp³-hybridized carbons (Fsp3) is 0.182. The number of benzene rings is 1. The summed E-state index contributed by atoms with van der Waals surface area (Å²) in [4.78, 5) is 11.1. The second kappa shape index (κ2) is 6.37. The van der Waals surface area contributed by atoms with Crippen molar-refractivity contribution in [2.75, 3.05) is 13.2 Å². The zero-order valence-electron chi connectivity index (χ0n) is 8.11. The van der Waals surface area contributed by atoms with Gasteiger partial charge in [0.15, 0.2) is 0 Å². The van der Waals surface area contributed by atoms with E-state index in [0.29, 0.717) is 0 Å². The Morgan fingerprint density at radius 1 is 1.53 bits per heavy atom. The van der Waals surface area contributed by atoms with E-state index in [0.717, 1.165) is 10.0 Å². The van der Waals surface area contributed by atoms with Crippen LogP contribution >= 0.6 is 15.9 Å². The average molecular weight is 270 g/mol. The van der Waals surface area contributed by atoms with Gasteiger partial charge >= 0.3 is 0 Å². The van der Waals surface area contributed by atoms with E-state index in [-0.39, 0.29) is 19.1 Å². The van der Waals surface area contributed by atoms with Gasteiger partial charge in [0.05, 0.1) is 6.61 Å². The van der Waals surface area contributed by atoms with Gasteiger partial charge in [-0.25, -0.2) is 0 Å². The van der Waals surface area contributed by atoms with Crippen LogP contribution in [-0.4, -0.2) is 24.2 Å². The number of aliphatic hydroxyl groups is 1. The monoisotopic (exact) mass is 269 g/mol. The van der Waals surface area contributed by atoms with Crippen LogP contribution in [0.2, 0.25) is 0 Å². The molecule has 4 heteroatoms. The molecule has 15 heavy (non-hydrogen) atoms. The summed E-state index contributed by atoms with van der Waals surface area (Å²) in [5, 5.41) is 11.0. The Hall–Kier alpha value is -1.13. The van der Waals surface area contributed by atoms with Gasteiger partial charge in [0, 0.05) is 17.1 Å². The molecule has 1 rings (SSSR count). The molecule has 0 saturated carbocycles. The first kappa shape index (κ1) is 11.9. The lowest BCUT2D eigenvalue weighted by Crippen LogP contribution is -2.24. The third-order valence-electron chi connectivity index (χ3n) is 1.69. The number of nitrogens with one attached hydrogen (secondary N) is 1. The molecule has 0 fully saturated rings. The molecule has 0 atom stereocenters. The number of aliphatic hydroxyl groups excluding tert-OH is 1. The molecule has 0 aromatic heterocycles. The quantitative estimate of drug-likeness (QED) is 0.816. The van der Waals surface area contributed by atoms with Crippen molar-refractivity contribution < 1.29 is 9.90 Å². The summed E-state index contributed by atoms with van der Waals surface area (Å²) in [6.07, 6.45) is 3.16. The van der Waals surface area contributed by atoms with E-state index in [4.69, 9.17) is 5.11 Å². The average Bonchev–Trinajstić information content (AvgIpc) is 2.23. The van der Waals surface area contributed by atoms with Crippen LogP contribution in [0.1, 0.15) is 5.56 Å². The molecule has 0 unspecified atom stereocenters. The molecule has 0 radical (unpaired) electrons. The SMILES string of the molecule is O=C(/C=C/c1cccc(Br)c1)NCCO. The van der Waals surface area contributed by atoms with Crippen molar-refractivity contribution in [3.63, 3.8) is 0 Å². The number of halogens is 1. The maximum atomic E-state index is 11.1. The Labute approximate surface area is 96.9 Å². The van der Waals surface area contributed by atoms with E-state index in [9.17, 15) is 4.79 Å². The van der Waals surface area contributed by atoms with Gasteiger partial charge in [-0.2, -0.15) is 0 Å². The third-order valence-corrected chi connectivity index (χ3v) is 2.18. The zero-order chi connectivity index (χ0) is 11.1. The van der Waals surface area contributed by atoms with E-state index < -0.39 is 0 Å². The molecule has 1 aromatic rings. The molecule has 80 valence electrons. The predicted octanol–water partition coefficient (Wildman–Crippen LogP) is 1.57. The molecule has 0 aliphatic heterocycles. The largest absolute Gasteiger partial charge is 0.395 e. The molecule has 0 aliphatic carbocycles. The number of carbonyl (C=O) groups is 1. The molecule has 3 nitrogen and oxygen atoms in total. The fourth-order valence-electron chi connectivity index (χ4n) is 1.02. The third kappa shape index (κ3) is 4.76. The lowest BCUT2D eigenvalue weighted by molar-refractivity contribution is -0.116. The predicted molar refractivity (Wildman–Crippen MR) is 63.3 cm³/mol. The van der Waals surface area contributed by atoms with E-state index in [1.807, 2.05) is 24.3 Å². The molecule has 0 bridgehead atoms. The first-order valence-corrected chi connectivity index (χ1v) is 5.34. The smallest absolute Gasteiger partial charge is 0.244 e. The highest BCUT2D eigenvalue weighted by molar-refractivity contribution is 9.10. The van der Waals surface area contributed by atoms with Crippen LogP contribution in [0.4, 0.5) is 0 Å². The summed E-state index contributed by atoms with van der Waals surface area (Å²) in [5.41, 5.74) is 0.948. The minimum Gasteiger partial charge on any atom is -0.395 e. The summed E-state index contributed by atoms with van der Waals surface area (Å²) in [7, 11) is 0. The number of carbonyl (C=O) groups excluding carboxylic acids is 1. The van der Waals surface area contributed by atoms with Gasteiger partial charge in [-0.15, -0.1) is 0 Å². The molecule has 0 heterocycles. The molecular formula is C11H12BrNO2. The summed E-state index contributed by atoms with van der Waals surface area (Å²) < 4.78 is 0.973. The van der Waals surface area contributed by atoms with Crippen LogP contribution in [0, 0.1) is 0 Å². The Morgan fingerprint density at radius 3 is 3.00 bits per heavy atom. The van der Waals surface area contributed by atoms with Crippen molar-refractivity contribution in [2.45, 2.75) is 0 Å². The maximum Gasteiger partial charge on any atom is 0.244 e. The molecule has 0 aliphatic rings. The highest BCUT2D eigenvalue weighted by Crippen LogP contribution is 2.12. The van der Waals surface area contributed by atoms with Gasteiger partial charge < -0.3 is 10.4 Å². The molecule has 2 N–H and O–H groups in total. The Kier molecular flexibility index (Phi) is 5.07. The molecule has 1 aromatic carbocycles. The van der Waals surface area contributed by atoms with E-state index in [2.05, 4.69) is 21.2 Å². The topological polar surface area (TPSA) is 49.3 Å². The van der Waals surface area contributed by atoms with Gasteiger partial charge in [0.1, 0.15) is 0 Å².